The normalized spacial score (nSPS) is 22.5. The van der Waals surface area contributed by atoms with Crippen LogP contribution in [0.2, 0.25) is 0 Å². The molecule has 11 heteroatoms. The van der Waals surface area contributed by atoms with Gasteiger partial charge in [0, 0.05) is 29.2 Å². The van der Waals surface area contributed by atoms with Crippen molar-refractivity contribution in [2.45, 2.75) is 83.5 Å². The van der Waals surface area contributed by atoms with E-state index in [0.717, 1.165) is 37.9 Å². The summed E-state index contributed by atoms with van der Waals surface area (Å²) in [7, 11) is 0. The number of hydrogen-bond acceptors (Lipinski definition) is 11. The van der Waals surface area contributed by atoms with Crippen molar-refractivity contribution < 1.29 is 15.3 Å². The van der Waals surface area contributed by atoms with Gasteiger partial charge in [-0.05, 0) is 40.2 Å². The Morgan fingerprint density at radius 3 is 2.41 bits per heavy atom. The Bertz CT molecular complexity index is 1250. The number of pyridine rings is 1. The summed E-state index contributed by atoms with van der Waals surface area (Å²) >= 11 is 3.40. The van der Waals surface area contributed by atoms with Gasteiger partial charge in [-0.2, -0.15) is 16.7 Å². The number of hydrogen-bond donors (Lipinski definition) is 5. The average molecular weight is 547 g/mol. The lowest BCUT2D eigenvalue weighted by atomic mass is 9.88. The number of thiazole rings is 1. The Labute approximate surface area is 226 Å². The molecule has 3 aromatic rings. The van der Waals surface area contributed by atoms with Gasteiger partial charge >= 0.3 is 0 Å². The van der Waals surface area contributed by atoms with Crippen LogP contribution in [0.1, 0.15) is 52.4 Å². The average Bonchev–Trinajstić information content (AvgIpc) is 3.33. The predicted octanol–water partition coefficient (Wildman–Crippen LogP) is 4.00. The van der Waals surface area contributed by atoms with Gasteiger partial charge in [-0.25, -0.2) is 9.97 Å². The van der Waals surface area contributed by atoms with E-state index in [9.17, 15) is 15.3 Å². The highest BCUT2D eigenvalue weighted by atomic mass is 32.2. The van der Waals surface area contributed by atoms with Crippen molar-refractivity contribution in [3.63, 3.8) is 0 Å². The van der Waals surface area contributed by atoms with Gasteiger partial charge in [0.1, 0.15) is 22.4 Å². The first kappa shape index (κ1) is 28.0. The van der Waals surface area contributed by atoms with Gasteiger partial charge in [-0.3, -0.25) is 4.98 Å². The fourth-order valence-electron chi connectivity index (χ4n) is 4.68. The molecule has 0 radical (unpaired) electrons. The van der Waals surface area contributed by atoms with Crippen molar-refractivity contribution in [1.29, 1.82) is 0 Å². The molecule has 4 rings (SSSR count). The molecule has 9 nitrogen and oxygen atoms in total. The molecule has 202 valence electrons. The standard InChI is InChI=1S/C26H38N6O3S2/c1-13-18(23-31-19-14(2)27-9-8-17(19)37-23)22(32-24(29-13)28-10-11-36-25(3,4)5)30-16-12-15(26(6,7)35)20(33)21(16)34/h8-9,15-16,20-21,33-35H,10-12H2,1-7H3,(H2,28,29,30,32)/t15-,16+,20+,21-/m0/s1. The molecule has 0 unspecified atom stereocenters. The molecule has 0 saturated heterocycles. The van der Waals surface area contributed by atoms with E-state index in [2.05, 4.69) is 36.4 Å². The number of aryl methyl sites for hydroxylation is 2. The highest BCUT2D eigenvalue weighted by Gasteiger charge is 2.48. The summed E-state index contributed by atoms with van der Waals surface area (Å²) in [6.45, 7) is 14.4. The monoisotopic (exact) mass is 546 g/mol. The molecule has 5 N–H and O–H groups in total. The van der Waals surface area contributed by atoms with E-state index >= 15 is 0 Å². The highest BCUT2D eigenvalue weighted by molar-refractivity contribution is 8.00. The van der Waals surface area contributed by atoms with Crippen LogP contribution in [0.15, 0.2) is 12.3 Å². The molecule has 0 bridgehead atoms. The second-order valence-electron chi connectivity index (χ2n) is 11.2. The molecular weight excluding hydrogens is 508 g/mol. The fourth-order valence-corrected chi connectivity index (χ4v) is 6.60. The minimum atomic E-state index is -1.13. The van der Waals surface area contributed by atoms with E-state index in [1.165, 1.54) is 0 Å². The zero-order valence-corrected chi connectivity index (χ0v) is 24.2. The van der Waals surface area contributed by atoms with Crippen molar-refractivity contribution in [3.05, 3.63) is 23.7 Å². The van der Waals surface area contributed by atoms with E-state index < -0.39 is 29.8 Å². The van der Waals surface area contributed by atoms with E-state index in [-0.39, 0.29) is 4.75 Å². The lowest BCUT2D eigenvalue weighted by molar-refractivity contribution is -0.0601. The van der Waals surface area contributed by atoms with E-state index in [0.29, 0.717) is 24.7 Å². The predicted molar refractivity (Wildman–Crippen MR) is 152 cm³/mol. The van der Waals surface area contributed by atoms with Gasteiger partial charge < -0.3 is 26.0 Å². The SMILES string of the molecule is Cc1nc(NCCSC(C)(C)C)nc(N[C@@H]2C[C@H](C(C)(C)O)[C@@H](O)[C@H]2O)c1-c1nc2c(C)nccc2s1. The van der Waals surface area contributed by atoms with Gasteiger partial charge in [0.05, 0.1) is 39.4 Å². The zero-order valence-electron chi connectivity index (χ0n) is 22.5. The summed E-state index contributed by atoms with van der Waals surface area (Å²) < 4.78 is 1.19. The summed E-state index contributed by atoms with van der Waals surface area (Å²) in [5, 5.41) is 39.5. The highest BCUT2D eigenvalue weighted by Crippen LogP contribution is 2.40. The van der Waals surface area contributed by atoms with Gasteiger partial charge in [0.2, 0.25) is 5.95 Å². The van der Waals surface area contributed by atoms with Crippen LogP contribution in [0.25, 0.3) is 20.8 Å². The van der Waals surface area contributed by atoms with Crippen LogP contribution < -0.4 is 10.6 Å². The summed E-state index contributed by atoms with van der Waals surface area (Å²) in [5.74, 6) is 1.45. The second-order valence-corrected chi connectivity index (χ2v) is 14.2. The first-order valence-corrected chi connectivity index (χ1v) is 14.4. The maximum absolute atomic E-state index is 10.8. The van der Waals surface area contributed by atoms with Crippen molar-refractivity contribution in [1.82, 2.24) is 19.9 Å². The number of anilines is 2. The molecule has 3 aromatic heterocycles. The Morgan fingerprint density at radius 1 is 1.05 bits per heavy atom. The van der Waals surface area contributed by atoms with Gasteiger partial charge in [0.25, 0.3) is 0 Å². The quantitative estimate of drug-likeness (QED) is 0.264. The molecule has 0 aromatic carbocycles. The Morgan fingerprint density at radius 2 is 1.78 bits per heavy atom. The van der Waals surface area contributed by atoms with Crippen LogP contribution in [0, 0.1) is 19.8 Å². The molecular formula is C26H38N6O3S2. The van der Waals surface area contributed by atoms with Crippen molar-refractivity contribution in [2.75, 3.05) is 22.9 Å². The van der Waals surface area contributed by atoms with Crippen molar-refractivity contribution in [3.8, 4) is 10.6 Å². The maximum Gasteiger partial charge on any atom is 0.224 e. The molecule has 3 heterocycles. The first-order valence-electron chi connectivity index (χ1n) is 12.6. The number of nitrogens with zero attached hydrogens (tertiary/aromatic N) is 4. The molecule has 0 spiro atoms. The van der Waals surface area contributed by atoms with E-state index in [1.807, 2.05) is 31.7 Å². The summed E-state index contributed by atoms with van der Waals surface area (Å²) in [4.78, 5) is 18.8. The maximum atomic E-state index is 10.8. The van der Waals surface area contributed by atoms with Crippen LogP contribution in [0.3, 0.4) is 0 Å². The van der Waals surface area contributed by atoms with Gasteiger partial charge in [-0.15, -0.1) is 11.3 Å². The number of fused-ring (bicyclic) bond motifs is 1. The molecule has 0 amide bonds. The Kier molecular flexibility index (Phi) is 8.02. The van der Waals surface area contributed by atoms with Crippen LogP contribution in [-0.4, -0.2) is 76.2 Å². The third-order valence-corrected chi connectivity index (χ3v) is 8.94. The lowest BCUT2D eigenvalue weighted by Crippen LogP contribution is -2.40. The minimum Gasteiger partial charge on any atom is -0.390 e. The molecule has 1 fully saturated rings. The zero-order chi connectivity index (χ0) is 27.1. The number of aliphatic hydroxyl groups excluding tert-OH is 2. The number of aliphatic hydroxyl groups is 3. The Balaban J connectivity index is 1.69. The van der Waals surface area contributed by atoms with Crippen molar-refractivity contribution >= 4 is 45.1 Å². The Hall–Kier alpha value is -2.05. The smallest absolute Gasteiger partial charge is 0.224 e. The molecule has 0 aliphatic heterocycles. The van der Waals surface area contributed by atoms with Gasteiger partial charge in [-0.1, -0.05) is 20.8 Å². The molecule has 37 heavy (non-hydrogen) atoms. The van der Waals surface area contributed by atoms with Crippen LogP contribution in [0.5, 0.6) is 0 Å². The van der Waals surface area contributed by atoms with Gasteiger partial charge in [0.15, 0.2) is 0 Å². The molecule has 1 aliphatic rings. The molecule has 4 atom stereocenters. The lowest BCUT2D eigenvalue weighted by Gasteiger charge is -2.28. The van der Waals surface area contributed by atoms with E-state index in [1.54, 1.807) is 31.4 Å². The van der Waals surface area contributed by atoms with Crippen LogP contribution >= 0.6 is 23.1 Å². The minimum absolute atomic E-state index is 0.172. The second kappa shape index (κ2) is 10.6. The number of thioether (sulfide) groups is 1. The van der Waals surface area contributed by atoms with E-state index in [4.69, 9.17) is 15.0 Å². The summed E-state index contributed by atoms with van der Waals surface area (Å²) in [6, 6.07) is 1.45. The third kappa shape index (κ3) is 6.34. The summed E-state index contributed by atoms with van der Waals surface area (Å²) in [5.41, 5.74) is 2.07. The van der Waals surface area contributed by atoms with Crippen LogP contribution in [-0.2, 0) is 0 Å². The number of nitrogens with one attached hydrogen (secondary N) is 2. The molecule has 1 aliphatic carbocycles. The number of rotatable bonds is 8. The molecule has 1 saturated carbocycles. The summed E-state index contributed by atoms with van der Waals surface area (Å²) in [6.07, 6.45) is 0.0630. The third-order valence-electron chi connectivity index (χ3n) is 6.63. The van der Waals surface area contributed by atoms with Crippen molar-refractivity contribution in [2.24, 2.45) is 5.92 Å². The largest absolute Gasteiger partial charge is 0.390 e. The first-order chi connectivity index (χ1) is 17.2. The fraction of sp³-hybridized carbons (Fsp3) is 0.615. The topological polar surface area (TPSA) is 136 Å². The number of aromatic nitrogens is 4. The van der Waals surface area contributed by atoms with Crippen LogP contribution in [0.4, 0.5) is 11.8 Å².